The van der Waals surface area contributed by atoms with Gasteiger partial charge in [-0.25, -0.2) is 0 Å². The molecule has 2 atom stereocenters. The van der Waals surface area contributed by atoms with E-state index < -0.39 is 0 Å². The largest absolute Gasteiger partial charge is 0.382 e. The molecule has 2 unspecified atom stereocenters. The number of rotatable bonds is 6. The number of carbonyl (C=O) groups excluding carboxylic acids is 1. The van der Waals surface area contributed by atoms with Crippen LogP contribution in [-0.2, 0) is 14.3 Å². The minimum atomic E-state index is -0.212. The lowest BCUT2D eigenvalue weighted by Gasteiger charge is -2.30. The van der Waals surface area contributed by atoms with Gasteiger partial charge < -0.3 is 14.8 Å². The first-order valence-electron chi connectivity index (χ1n) is 4.77. The third kappa shape index (κ3) is 5.94. The Morgan fingerprint density at radius 2 is 2.00 bits per heavy atom. The van der Waals surface area contributed by atoms with E-state index in [1.807, 2.05) is 27.7 Å². The molecule has 1 N–H and O–H groups in total. The van der Waals surface area contributed by atoms with E-state index >= 15 is 0 Å². The average Bonchev–Trinajstić information content (AvgIpc) is 2.01. The molecular weight excluding hydrogens is 182 g/mol. The van der Waals surface area contributed by atoms with Crippen LogP contribution in [0.5, 0.6) is 0 Å². The van der Waals surface area contributed by atoms with Gasteiger partial charge in [-0.15, -0.1) is 0 Å². The Balaban J connectivity index is 4.13. The summed E-state index contributed by atoms with van der Waals surface area (Å²) in [6.07, 6.45) is 0.604. The van der Waals surface area contributed by atoms with E-state index in [4.69, 9.17) is 9.47 Å². The molecule has 84 valence electrons. The molecule has 0 saturated carbocycles. The normalized spacial score (nSPS) is 16.1. The lowest BCUT2D eigenvalue weighted by atomic mass is 10.1. The summed E-state index contributed by atoms with van der Waals surface area (Å²) in [5, 5.41) is 2.68. The van der Waals surface area contributed by atoms with Crippen molar-refractivity contribution in [3.05, 3.63) is 0 Å². The summed E-state index contributed by atoms with van der Waals surface area (Å²) in [5.41, 5.74) is -0.212. The molecule has 0 bridgehead atoms. The van der Waals surface area contributed by atoms with Gasteiger partial charge in [0.15, 0.2) is 0 Å². The molecular formula is C10H21NO3. The van der Waals surface area contributed by atoms with Gasteiger partial charge in [-0.05, 0) is 27.7 Å². The van der Waals surface area contributed by atoms with Crippen molar-refractivity contribution in [3.8, 4) is 0 Å². The molecule has 4 nitrogen and oxygen atoms in total. The predicted octanol–water partition coefficient (Wildman–Crippen LogP) is 0.951. The van der Waals surface area contributed by atoms with Crippen LogP contribution in [0, 0.1) is 0 Å². The molecule has 0 fully saturated rings. The summed E-state index contributed by atoms with van der Waals surface area (Å²) in [4.78, 5) is 10.3. The number of methoxy groups -OCH3 is 1. The Labute approximate surface area is 86.0 Å². The molecule has 0 aromatic heterocycles. The Morgan fingerprint density at radius 1 is 1.43 bits per heavy atom. The Morgan fingerprint density at radius 3 is 2.36 bits per heavy atom. The van der Waals surface area contributed by atoms with Gasteiger partial charge in [0.1, 0.15) is 0 Å². The molecule has 0 aliphatic carbocycles. The lowest BCUT2D eigenvalue weighted by molar-refractivity contribution is -0.114. The molecule has 0 aromatic carbocycles. The molecule has 14 heavy (non-hydrogen) atoms. The van der Waals surface area contributed by atoms with Gasteiger partial charge in [0.25, 0.3) is 0 Å². The number of hydrogen-bond donors (Lipinski definition) is 1. The quantitative estimate of drug-likeness (QED) is 0.654. The molecule has 0 heterocycles. The monoisotopic (exact) mass is 203 g/mol. The number of carbonyl (C=O) groups is 1. The first kappa shape index (κ1) is 13.4. The van der Waals surface area contributed by atoms with E-state index in [1.165, 1.54) is 0 Å². The highest BCUT2D eigenvalue weighted by Gasteiger charge is 2.22. The van der Waals surface area contributed by atoms with Crippen molar-refractivity contribution in [1.29, 1.82) is 0 Å². The van der Waals surface area contributed by atoms with Crippen molar-refractivity contribution in [2.75, 3.05) is 13.7 Å². The van der Waals surface area contributed by atoms with Gasteiger partial charge in [-0.3, -0.25) is 4.79 Å². The smallest absolute Gasteiger partial charge is 0.207 e. The predicted molar refractivity (Wildman–Crippen MR) is 55.2 cm³/mol. The summed E-state index contributed by atoms with van der Waals surface area (Å²) < 4.78 is 10.7. The minimum absolute atomic E-state index is 0.0693. The van der Waals surface area contributed by atoms with E-state index in [-0.39, 0.29) is 17.7 Å². The van der Waals surface area contributed by atoms with Gasteiger partial charge in [0, 0.05) is 7.11 Å². The lowest BCUT2D eigenvalue weighted by Crippen LogP contribution is -2.45. The van der Waals surface area contributed by atoms with Crippen LogP contribution in [0.25, 0.3) is 0 Å². The SMILES string of the molecule is COCC(NC=O)C(C)OC(C)(C)C. The van der Waals surface area contributed by atoms with Crippen LogP contribution in [-0.4, -0.2) is 37.9 Å². The summed E-state index contributed by atoms with van der Waals surface area (Å²) in [6.45, 7) is 8.32. The highest BCUT2D eigenvalue weighted by Crippen LogP contribution is 2.12. The Hall–Kier alpha value is -0.610. The molecule has 0 aliphatic heterocycles. The number of nitrogens with one attached hydrogen (secondary N) is 1. The second-order valence-corrected chi connectivity index (χ2v) is 4.28. The number of amides is 1. The fourth-order valence-electron chi connectivity index (χ4n) is 1.23. The molecule has 0 saturated heterocycles. The summed E-state index contributed by atoms with van der Waals surface area (Å²) >= 11 is 0. The topological polar surface area (TPSA) is 47.6 Å². The summed E-state index contributed by atoms with van der Waals surface area (Å²) in [5.74, 6) is 0. The van der Waals surface area contributed by atoms with E-state index in [0.29, 0.717) is 13.0 Å². The standard InChI is InChI=1S/C10H21NO3/c1-8(14-10(2,3)4)9(6-13-5)11-7-12/h7-9H,6H2,1-5H3,(H,11,12). The zero-order valence-corrected chi connectivity index (χ0v) is 9.66. The summed E-state index contributed by atoms with van der Waals surface area (Å²) in [6, 6.07) is -0.100. The van der Waals surface area contributed by atoms with Gasteiger partial charge in [0.2, 0.25) is 6.41 Å². The molecule has 0 aliphatic rings. The van der Waals surface area contributed by atoms with E-state index in [0.717, 1.165) is 0 Å². The van der Waals surface area contributed by atoms with Crippen molar-refractivity contribution in [2.45, 2.75) is 45.4 Å². The maximum Gasteiger partial charge on any atom is 0.207 e. The third-order valence-electron chi connectivity index (χ3n) is 1.73. The van der Waals surface area contributed by atoms with Crippen molar-refractivity contribution >= 4 is 6.41 Å². The Kier molecular flexibility index (Phi) is 5.72. The molecule has 0 radical (unpaired) electrons. The number of hydrogen-bond acceptors (Lipinski definition) is 3. The summed E-state index contributed by atoms with van der Waals surface area (Å²) in [7, 11) is 1.60. The minimum Gasteiger partial charge on any atom is -0.382 e. The molecule has 0 rings (SSSR count). The average molecular weight is 203 g/mol. The maximum atomic E-state index is 10.3. The van der Waals surface area contributed by atoms with Crippen LogP contribution in [0.4, 0.5) is 0 Å². The highest BCUT2D eigenvalue weighted by atomic mass is 16.5. The van der Waals surface area contributed by atoms with Gasteiger partial charge >= 0.3 is 0 Å². The second kappa shape index (κ2) is 5.98. The second-order valence-electron chi connectivity index (χ2n) is 4.28. The van der Waals surface area contributed by atoms with Crippen molar-refractivity contribution in [2.24, 2.45) is 0 Å². The molecule has 4 heteroatoms. The van der Waals surface area contributed by atoms with E-state index in [9.17, 15) is 4.79 Å². The van der Waals surface area contributed by atoms with Crippen molar-refractivity contribution < 1.29 is 14.3 Å². The van der Waals surface area contributed by atoms with Crippen LogP contribution in [0.2, 0.25) is 0 Å². The highest BCUT2D eigenvalue weighted by molar-refractivity contribution is 5.46. The molecule has 0 aromatic rings. The zero-order chi connectivity index (χ0) is 11.2. The fourth-order valence-corrected chi connectivity index (χ4v) is 1.23. The molecule has 1 amide bonds. The molecule has 0 spiro atoms. The zero-order valence-electron chi connectivity index (χ0n) is 9.66. The van der Waals surface area contributed by atoms with Crippen LogP contribution < -0.4 is 5.32 Å². The first-order chi connectivity index (χ1) is 6.40. The van der Waals surface area contributed by atoms with E-state index in [2.05, 4.69) is 5.32 Å². The van der Waals surface area contributed by atoms with Crippen LogP contribution in [0.1, 0.15) is 27.7 Å². The maximum absolute atomic E-state index is 10.3. The van der Waals surface area contributed by atoms with E-state index in [1.54, 1.807) is 7.11 Å². The van der Waals surface area contributed by atoms with Crippen molar-refractivity contribution in [1.82, 2.24) is 5.32 Å². The van der Waals surface area contributed by atoms with Gasteiger partial charge in [0.05, 0.1) is 24.4 Å². The van der Waals surface area contributed by atoms with Crippen molar-refractivity contribution in [3.63, 3.8) is 0 Å². The van der Waals surface area contributed by atoms with Crippen LogP contribution in [0.15, 0.2) is 0 Å². The van der Waals surface area contributed by atoms with Gasteiger partial charge in [-0.1, -0.05) is 0 Å². The third-order valence-corrected chi connectivity index (χ3v) is 1.73. The Bertz CT molecular complexity index is 165. The fraction of sp³-hybridized carbons (Fsp3) is 0.900. The van der Waals surface area contributed by atoms with Gasteiger partial charge in [-0.2, -0.15) is 0 Å². The van der Waals surface area contributed by atoms with Crippen LogP contribution in [0.3, 0.4) is 0 Å². The van der Waals surface area contributed by atoms with Crippen LogP contribution >= 0.6 is 0 Å². The number of ether oxygens (including phenoxy) is 2. The first-order valence-corrected chi connectivity index (χ1v) is 4.77.